The van der Waals surface area contributed by atoms with Gasteiger partial charge in [-0.1, -0.05) is 12.2 Å². The minimum Gasteiger partial charge on any atom is -0.481 e. The van der Waals surface area contributed by atoms with Crippen molar-refractivity contribution in [1.82, 2.24) is 5.06 Å². The van der Waals surface area contributed by atoms with Crippen molar-refractivity contribution in [2.24, 2.45) is 0 Å². The molecule has 0 bridgehead atoms. The number of carbonyl (C=O) groups excluding carboxylic acids is 2. The highest BCUT2D eigenvalue weighted by Crippen LogP contribution is 2.15. The van der Waals surface area contributed by atoms with E-state index in [-0.39, 0.29) is 38.4 Å². The van der Waals surface area contributed by atoms with Crippen molar-refractivity contribution < 1.29 is 34.5 Å². The number of carbonyl (C=O) groups is 3. The zero-order valence-electron chi connectivity index (χ0n) is 11.5. The average molecular weight is 321 g/mol. The molecule has 1 aliphatic rings. The van der Waals surface area contributed by atoms with E-state index in [1.165, 1.54) is 0 Å². The number of nitrogens with zero attached hydrogens (tertiary/aromatic N) is 1. The van der Waals surface area contributed by atoms with Gasteiger partial charge < -0.3 is 20.2 Å². The van der Waals surface area contributed by atoms with Gasteiger partial charge in [0.15, 0.2) is 0 Å². The van der Waals surface area contributed by atoms with E-state index < -0.39 is 11.9 Å². The molecule has 1 rings (SSSR count). The second kappa shape index (κ2) is 11.1. The number of rotatable bonds is 7. The SMILES string of the molecule is O=C(O)CCCCC(=O)ON1C(=O)CCC1=S.OCCO. The Morgan fingerprint density at radius 1 is 1.14 bits per heavy atom. The molecule has 1 aliphatic heterocycles. The van der Waals surface area contributed by atoms with E-state index in [0.29, 0.717) is 24.3 Å². The summed E-state index contributed by atoms with van der Waals surface area (Å²) in [5.41, 5.74) is 0. The van der Waals surface area contributed by atoms with Gasteiger partial charge in [0.1, 0.15) is 4.99 Å². The van der Waals surface area contributed by atoms with E-state index in [2.05, 4.69) is 0 Å². The molecule has 1 heterocycles. The molecular formula is C12H19NO7S. The molecule has 0 atom stereocenters. The van der Waals surface area contributed by atoms with E-state index in [0.717, 1.165) is 5.06 Å². The van der Waals surface area contributed by atoms with Crippen molar-refractivity contribution in [3.63, 3.8) is 0 Å². The van der Waals surface area contributed by atoms with Crippen LogP contribution >= 0.6 is 12.2 Å². The van der Waals surface area contributed by atoms with Gasteiger partial charge in [-0.05, 0) is 12.8 Å². The molecule has 1 amide bonds. The number of hydrogen-bond acceptors (Lipinski definition) is 7. The van der Waals surface area contributed by atoms with Gasteiger partial charge in [0.05, 0.1) is 13.2 Å². The van der Waals surface area contributed by atoms with Gasteiger partial charge in [0.25, 0.3) is 5.91 Å². The number of hydroxylamine groups is 2. The molecule has 8 nitrogen and oxygen atoms in total. The molecule has 0 unspecified atom stereocenters. The quantitative estimate of drug-likeness (QED) is 0.442. The fourth-order valence-corrected chi connectivity index (χ4v) is 1.59. The summed E-state index contributed by atoms with van der Waals surface area (Å²) in [6, 6.07) is 0. The minimum atomic E-state index is -0.894. The van der Waals surface area contributed by atoms with Crippen molar-refractivity contribution in [2.45, 2.75) is 38.5 Å². The number of amides is 1. The summed E-state index contributed by atoms with van der Waals surface area (Å²) in [5.74, 6) is -1.77. The van der Waals surface area contributed by atoms with Gasteiger partial charge in [0.2, 0.25) is 0 Å². The standard InChI is InChI=1S/C10H13NO5S.C2H6O2/c12-7-5-6-8(17)11(7)16-10(15)4-2-1-3-9(13)14;3-1-2-4/h1-6H2,(H,13,14);3-4H,1-2H2. The first-order chi connectivity index (χ1) is 9.92. The highest BCUT2D eigenvalue weighted by molar-refractivity contribution is 7.80. The third kappa shape index (κ3) is 9.05. The number of aliphatic hydroxyl groups excluding tert-OH is 2. The van der Waals surface area contributed by atoms with Crippen LogP contribution in [0.5, 0.6) is 0 Å². The van der Waals surface area contributed by atoms with Crippen LogP contribution in [0.1, 0.15) is 38.5 Å². The van der Waals surface area contributed by atoms with E-state index in [9.17, 15) is 14.4 Å². The third-order valence-corrected chi connectivity index (χ3v) is 2.69. The Balaban J connectivity index is 0.000000885. The zero-order chi connectivity index (χ0) is 16.3. The smallest absolute Gasteiger partial charge is 0.333 e. The van der Waals surface area contributed by atoms with Crippen LogP contribution in [0.25, 0.3) is 0 Å². The molecule has 0 aromatic heterocycles. The molecule has 0 radical (unpaired) electrons. The summed E-state index contributed by atoms with van der Waals surface area (Å²) in [5, 5.41) is 24.5. The predicted molar refractivity (Wildman–Crippen MR) is 75.0 cm³/mol. The first-order valence-corrected chi connectivity index (χ1v) is 6.83. The van der Waals surface area contributed by atoms with E-state index in [1.54, 1.807) is 0 Å². The van der Waals surface area contributed by atoms with Crippen molar-refractivity contribution >= 4 is 35.1 Å². The maximum absolute atomic E-state index is 11.3. The van der Waals surface area contributed by atoms with Crippen LogP contribution in [0, 0.1) is 0 Å². The summed E-state index contributed by atoms with van der Waals surface area (Å²) in [7, 11) is 0. The third-order valence-electron chi connectivity index (χ3n) is 2.32. The number of carboxylic acid groups (broad SMARTS) is 1. The highest BCUT2D eigenvalue weighted by Gasteiger charge is 2.29. The molecular weight excluding hydrogens is 302 g/mol. The zero-order valence-corrected chi connectivity index (χ0v) is 12.3. The molecule has 0 saturated carbocycles. The van der Waals surface area contributed by atoms with Crippen LogP contribution in [0.2, 0.25) is 0 Å². The number of aliphatic carboxylic acids is 1. The van der Waals surface area contributed by atoms with Crippen molar-refractivity contribution in [3.05, 3.63) is 0 Å². The maximum atomic E-state index is 11.3. The van der Waals surface area contributed by atoms with Gasteiger partial charge in [-0.2, -0.15) is 0 Å². The number of unbranched alkanes of at least 4 members (excludes halogenated alkanes) is 1. The number of hydrogen-bond donors (Lipinski definition) is 3. The van der Waals surface area contributed by atoms with Crippen molar-refractivity contribution in [3.8, 4) is 0 Å². The average Bonchev–Trinajstić information content (AvgIpc) is 2.75. The molecule has 1 fully saturated rings. The van der Waals surface area contributed by atoms with Gasteiger partial charge >= 0.3 is 11.9 Å². The molecule has 21 heavy (non-hydrogen) atoms. The monoisotopic (exact) mass is 321 g/mol. The largest absolute Gasteiger partial charge is 0.481 e. The lowest BCUT2D eigenvalue weighted by Crippen LogP contribution is -2.31. The summed E-state index contributed by atoms with van der Waals surface area (Å²) >= 11 is 4.86. The molecule has 9 heteroatoms. The Bertz CT molecular complexity index is 368. The van der Waals surface area contributed by atoms with Crippen molar-refractivity contribution in [2.75, 3.05) is 13.2 Å². The summed E-state index contributed by atoms with van der Waals surface area (Å²) in [4.78, 5) is 37.9. The Hall–Kier alpha value is -1.58. The van der Waals surface area contributed by atoms with Gasteiger partial charge in [0, 0.05) is 25.7 Å². The highest BCUT2D eigenvalue weighted by atomic mass is 32.1. The molecule has 0 aromatic carbocycles. The fourth-order valence-electron chi connectivity index (χ4n) is 1.35. The Morgan fingerprint density at radius 3 is 2.14 bits per heavy atom. The van der Waals surface area contributed by atoms with E-state index >= 15 is 0 Å². The van der Waals surface area contributed by atoms with Crippen LogP contribution in [0.3, 0.4) is 0 Å². The second-order valence-corrected chi connectivity index (χ2v) is 4.56. The number of thiocarbonyl (C=S) groups is 1. The van der Waals surface area contributed by atoms with Crippen LogP contribution in [0.4, 0.5) is 0 Å². The summed E-state index contributed by atoms with van der Waals surface area (Å²) in [6.45, 7) is -0.250. The molecule has 0 spiro atoms. The molecule has 3 N–H and O–H groups in total. The van der Waals surface area contributed by atoms with E-state index in [1.807, 2.05) is 0 Å². The number of carboxylic acids is 1. The topological polar surface area (TPSA) is 124 Å². The van der Waals surface area contributed by atoms with E-state index in [4.69, 9.17) is 32.4 Å². The summed E-state index contributed by atoms with van der Waals surface area (Å²) < 4.78 is 0. The Morgan fingerprint density at radius 2 is 1.71 bits per heavy atom. The molecule has 1 saturated heterocycles. The number of aliphatic hydroxyl groups is 2. The normalized spacial score (nSPS) is 13.7. The Kier molecular flexibility index (Phi) is 10.3. The second-order valence-electron chi connectivity index (χ2n) is 4.09. The minimum absolute atomic E-state index is 0.0222. The molecule has 120 valence electrons. The van der Waals surface area contributed by atoms with Gasteiger partial charge in [-0.3, -0.25) is 9.59 Å². The van der Waals surface area contributed by atoms with Gasteiger partial charge in [-0.25, -0.2) is 4.79 Å². The predicted octanol–water partition coefficient (Wildman–Crippen LogP) is 0.0104. The lowest BCUT2D eigenvalue weighted by Gasteiger charge is -2.14. The van der Waals surface area contributed by atoms with Crippen LogP contribution in [-0.4, -0.2) is 56.4 Å². The van der Waals surface area contributed by atoms with Crippen LogP contribution in [-0.2, 0) is 19.2 Å². The van der Waals surface area contributed by atoms with Gasteiger partial charge in [-0.15, -0.1) is 5.06 Å². The fraction of sp³-hybridized carbons (Fsp3) is 0.667. The molecule has 0 aliphatic carbocycles. The maximum Gasteiger partial charge on any atom is 0.333 e. The van der Waals surface area contributed by atoms with Crippen LogP contribution < -0.4 is 0 Å². The lowest BCUT2D eigenvalue weighted by atomic mass is 10.2. The molecule has 0 aromatic rings. The lowest BCUT2D eigenvalue weighted by molar-refractivity contribution is -0.180. The Labute approximate surface area is 127 Å². The first-order valence-electron chi connectivity index (χ1n) is 6.42. The van der Waals surface area contributed by atoms with Crippen molar-refractivity contribution in [1.29, 1.82) is 0 Å². The van der Waals surface area contributed by atoms with Crippen LogP contribution in [0.15, 0.2) is 0 Å². The summed E-state index contributed by atoms with van der Waals surface area (Å²) in [6.07, 6.45) is 1.63. The first kappa shape index (κ1) is 19.4.